The predicted molar refractivity (Wildman–Crippen MR) is 90.7 cm³/mol. The fourth-order valence-electron chi connectivity index (χ4n) is 2.31. The van der Waals surface area contributed by atoms with Crippen LogP contribution in [0.1, 0.15) is 15.9 Å². The average molecular weight is 360 g/mol. The van der Waals surface area contributed by atoms with Gasteiger partial charge < -0.3 is 10.4 Å². The fourth-order valence-corrected chi connectivity index (χ4v) is 3.22. The minimum atomic E-state index is -1.04. The summed E-state index contributed by atoms with van der Waals surface area (Å²) in [5.41, 5.74) is 1.32. The van der Waals surface area contributed by atoms with E-state index in [1.54, 1.807) is 12.1 Å². The van der Waals surface area contributed by atoms with Crippen molar-refractivity contribution in [1.82, 2.24) is 4.90 Å². The third-order valence-electron chi connectivity index (χ3n) is 3.61. The number of aromatic carboxylic acids is 1. The number of hydrogen-bond donors (Lipinski definition) is 2. The van der Waals surface area contributed by atoms with Crippen LogP contribution in [-0.4, -0.2) is 32.5 Å². The van der Waals surface area contributed by atoms with Gasteiger partial charge in [0.2, 0.25) is 0 Å². The molecule has 1 saturated heterocycles. The van der Waals surface area contributed by atoms with E-state index >= 15 is 0 Å². The highest BCUT2D eigenvalue weighted by atomic mass is 32.2. The first-order valence-electron chi connectivity index (χ1n) is 7.30. The molecule has 3 rings (SSSR count). The highest BCUT2D eigenvalue weighted by molar-refractivity contribution is 8.15. The van der Waals surface area contributed by atoms with Gasteiger partial charge >= 0.3 is 5.97 Å². The summed E-state index contributed by atoms with van der Waals surface area (Å²) in [7, 11) is 0. The van der Waals surface area contributed by atoms with E-state index in [1.807, 2.05) is 0 Å². The first-order chi connectivity index (χ1) is 11.9. The molecule has 6 nitrogen and oxygen atoms in total. The molecule has 2 aromatic rings. The van der Waals surface area contributed by atoms with E-state index in [0.717, 1.165) is 16.7 Å². The van der Waals surface area contributed by atoms with Crippen molar-refractivity contribution in [2.24, 2.45) is 0 Å². The zero-order valence-corrected chi connectivity index (χ0v) is 13.6. The zero-order valence-electron chi connectivity index (χ0n) is 12.8. The molecule has 0 aliphatic carbocycles. The van der Waals surface area contributed by atoms with Crippen LogP contribution in [0.25, 0.3) is 0 Å². The maximum absolute atomic E-state index is 12.9. The monoisotopic (exact) mass is 360 g/mol. The number of nitrogens with zero attached hydrogens (tertiary/aromatic N) is 1. The number of rotatable bonds is 5. The van der Waals surface area contributed by atoms with Crippen molar-refractivity contribution in [3.8, 4) is 0 Å². The summed E-state index contributed by atoms with van der Waals surface area (Å²) in [6.07, 6.45) is 0. The summed E-state index contributed by atoms with van der Waals surface area (Å²) >= 11 is 0.847. The molecule has 8 heteroatoms. The van der Waals surface area contributed by atoms with Gasteiger partial charge in [0, 0.05) is 5.69 Å². The number of hydrogen-bond acceptors (Lipinski definition) is 5. The van der Waals surface area contributed by atoms with Crippen LogP contribution in [0.3, 0.4) is 0 Å². The first-order valence-corrected chi connectivity index (χ1v) is 8.18. The van der Waals surface area contributed by atoms with Gasteiger partial charge in [-0.25, -0.2) is 9.18 Å². The third kappa shape index (κ3) is 3.80. The highest BCUT2D eigenvalue weighted by Crippen LogP contribution is 2.29. The van der Waals surface area contributed by atoms with Gasteiger partial charge in [-0.15, -0.1) is 0 Å². The minimum absolute atomic E-state index is 0.0617. The van der Waals surface area contributed by atoms with E-state index < -0.39 is 28.3 Å². The Bertz CT molecular complexity index is 824. The quantitative estimate of drug-likeness (QED) is 0.852. The van der Waals surface area contributed by atoms with Gasteiger partial charge in [-0.1, -0.05) is 12.1 Å². The molecular weight excluding hydrogens is 347 g/mol. The summed E-state index contributed by atoms with van der Waals surface area (Å²) < 4.78 is 12.9. The number of halogens is 1. The van der Waals surface area contributed by atoms with E-state index in [9.17, 15) is 18.8 Å². The summed E-state index contributed by atoms with van der Waals surface area (Å²) in [6, 6.07) is 11.5. The Labute approximate surface area is 146 Å². The highest BCUT2D eigenvalue weighted by Gasteiger charge is 2.39. The summed E-state index contributed by atoms with van der Waals surface area (Å²) in [5, 5.41) is 10.6. The van der Waals surface area contributed by atoms with Crippen LogP contribution >= 0.6 is 11.8 Å². The number of nitrogens with one attached hydrogen (secondary N) is 1. The molecule has 2 aromatic carbocycles. The summed E-state index contributed by atoms with van der Waals surface area (Å²) in [4.78, 5) is 36.5. The number of benzene rings is 2. The lowest BCUT2D eigenvalue weighted by molar-refractivity contribution is -0.126. The molecule has 2 N–H and O–H groups in total. The molecule has 0 unspecified atom stereocenters. The molecule has 1 atom stereocenters. The van der Waals surface area contributed by atoms with Gasteiger partial charge in [0.05, 0.1) is 12.1 Å². The number of carboxylic acids is 1. The van der Waals surface area contributed by atoms with Crippen molar-refractivity contribution in [2.75, 3.05) is 5.32 Å². The van der Waals surface area contributed by atoms with Crippen molar-refractivity contribution in [2.45, 2.75) is 11.9 Å². The first kappa shape index (κ1) is 17.0. The van der Waals surface area contributed by atoms with Crippen molar-refractivity contribution in [3.63, 3.8) is 0 Å². The lowest BCUT2D eigenvalue weighted by atomic mass is 10.1. The Morgan fingerprint density at radius 1 is 1.12 bits per heavy atom. The van der Waals surface area contributed by atoms with Crippen LogP contribution in [0.2, 0.25) is 0 Å². The normalized spacial score (nSPS) is 17.0. The molecule has 0 radical (unpaired) electrons. The number of thioether (sulfide) groups is 1. The van der Waals surface area contributed by atoms with Gasteiger partial charge in [-0.05, 0) is 53.7 Å². The average Bonchev–Trinajstić information content (AvgIpc) is 2.85. The van der Waals surface area contributed by atoms with Crippen molar-refractivity contribution < 1.29 is 23.9 Å². The fraction of sp³-hybridized carbons (Fsp3) is 0.118. The minimum Gasteiger partial charge on any atom is -0.478 e. The van der Waals surface area contributed by atoms with E-state index in [4.69, 9.17) is 5.11 Å². The molecule has 0 spiro atoms. The van der Waals surface area contributed by atoms with Gasteiger partial charge in [-0.3, -0.25) is 14.5 Å². The summed E-state index contributed by atoms with van der Waals surface area (Å²) in [5.74, 6) is -1.83. The second-order valence-corrected chi connectivity index (χ2v) is 6.40. The Morgan fingerprint density at radius 3 is 2.36 bits per heavy atom. The Hall–Kier alpha value is -2.87. The van der Waals surface area contributed by atoms with E-state index in [0.29, 0.717) is 11.3 Å². The number of carboxylic acid groups (broad SMARTS) is 1. The molecule has 1 heterocycles. The molecule has 1 aliphatic rings. The molecule has 1 fully saturated rings. The number of carbonyl (C=O) groups excluding carboxylic acids is 2. The molecule has 128 valence electrons. The van der Waals surface area contributed by atoms with Crippen LogP contribution < -0.4 is 5.32 Å². The molecular formula is C17H13FN2O4S. The number of carbonyl (C=O) groups is 3. The zero-order chi connectivity index (χ0) is 18.0. The maximum atomic E-state index is 12.9. The van der Waals surface area contributed by atoms with Crippen molar-refractivity contribution in [3.05, 3.63) is 65.5 Å². The molecule has 2 amide bonds. The van der Waals surface area contributed by atoms with Gasteiger partial charge in [0.15, 0.2) is 5.37 Å². The van der Waals surface area contributed by atoms with Crippen molar-refractivity contribution >= 4 is 34.6 Å². The smallest absolute Gasteiger partial charge is 0.335 e. The second-order valence-electron chi connectivity index (χ2n) is 5.34. The van der Waals surface area contributed by atoms with Gasteiger partial charge in [-0.2, -0.15) is 0 Å². The maximum Gasteiger partial charge on any atom is 0.335 e. The SMILES string of the molecule is O=C(O)c1ccc(CN2C(=O)S[C@@H](Nc3ccc(F)cc3)C2=O)cc1. The van der Waals surface area contributed by atoms with Crippen LogP contribution in [0, 0.1) is 5.82 Å². The van der Waals surface area contributed by atoms with Crippen LogP contribution in [0.15, 0.2) is 48.5 Å². The van der Waals surface area contributed by atoms with Crippen LogP contribution in [0.5, 0.6) is 0 Å². The van der Waals surface area contributed by atoms with Crippen LogP contribution in [-0.2, 0) is 11.3 Å². The topological polar surface area (TPSA) is 86.7 Å². The molecule has 25 heavy (non-hydrogen) atoms. The van der Waals surface area contributed by atoms with E-state index in [1.165, 1.54) is 36.4 Å². The Kier molecular flexibility index (Phi) is 4.71. The molecule has 1 aliphatic heterocycles. The number of amides is 2. The molecule has 0 bridgehead atoms. The summed E-state index contributed by atoms with van der Waals surface area (Å²) in [6.45, 7) is 0.0617. The van der Waals surface area contributed by atoms with E-state index in [2.05, 4.69) is 5.32 Å². The van der Waals surface area contributed by atoms with Gasteiger partial charge in [0.25, 0.3) is 11.1 Å². The van der Waals surface area contributed by atoms with Crippen LogP contribution in [0.4, 0.5) is 14.9 Å². The van der Waals surface area contributed by atoms with Gasteiger partial charge in [0.1, 0.15) is 5.82 Å². The lowest BCUT2D eigenvalue weighted by Gasteiger charge is -2.15. The Balaban J connectivity index is 1.68. The standard InChI is InChI=1S/C17H13FN2O4S/c18-12-5-7-13(8-6-12)19-14-15(21)20(17(24)25-14)9-10-1-3-11(4-2-10)16(22)23/h1-8,14,19H,9H2,(H,22,23)/t14-/m1/s1. The van der Waals surface area contributed by atoms with Crippen molar-refractivity contribution in [1.29, 1.82) is 0 Å². The predicted octanol–water partition coefficient (Wildman–Crippen LogP) is 3.16. The largest absolute Gasteiger partial charge is 0.478 e. The number of anilines is 1. The van der Waals surface area contributed by atoms with E-state index in [-0.39, 0.29) is 12.1 Å². The third-order valence-corrected chi connectivity index (χ3v) is 4.59. The lowest BCUT2D eigenvalue weighted by Crippen LogP contribution is -2.33. The Morgan fingerprint density at radius 2 is 1.76 bits per heavy atom. The molecule has 0 saturated carbocycles. The second kappa shape index (κ2) is 6.94. The molecule has 0 aromatic heterocycles. The number of imide groups is 1.